The van der Waals surface area contributed by atoms with Gasteiger partial charge in [0.25, 0.3) is 0 Å². The van der Waals surface area contributed by atoms with E-state index in [0.717, 1.165) is 41.3 Å². The monoisotopic (exact) mass is 426 g/mol. The van der Waals surface area contributed by atoms with Crippen LogP contribution in [0, 0.1) is 4.77 Å². The first-order chi connectivity index (χ1) is 11.7. The molecule has 136 valence electrons. The largest absolute Gasteiger partial charge is 0.444 e. The van der Waals surface area contributed by atoms with Gasteiger partial charge in [-0.3, -0.25) is 0 Å². The van der Waals surface area contributed by atoms with Gasteiger partial charge >= 0.3 is 6.09 Å². The molecule has 1 aliphatic carbocycles. The van der Waals surface area contributed by atoms with Gasteiger partial charge in [0.15, 0.2) is 4.77 Å². The van der Waals surface area contributed by atoms with E-state index in [4.69, 9.17) is 17.0 Å². The number of aromatic amines is 1. The van der Waals surface area contributed by atoms with Gasteiger partial charge in [0.2, 0.25) is 0 Å². The van der Waals surface area contributed by atoms with Gasteiger partial charge in [-0.25, -0.2) is 9.78 Å². The molecule has 1 aliphatic rings. The third kappa shape index (κ3) is 4.41. The molecule has 8 heteroatoms. The van der Waals surface area contributed by atoms with Crippen LogP contribution in [0.15, 0.2) is 16.9 Å². The zero-order valence-corrected chi connectivity index (χ0v) is 17.0. The number of hydrogen-bond donors (Lipinski definition) is 2. The number of carbonyl (C=O) groups excluding carboxylic acids is 1. The predicted octanol–water partition coefficient (Wildman–Crippen LogP) is 4.86. The van der Waals surface area contributed by atoms with Gasteiger partial charge in [-0.15, -0.1) is 0 Å². The van der Waals surface area contributed by atoms with E-state index in [1.807, 2.05) is 26.8 Å². The normalized spacial score (nSPS) is 21.3. The molecular weight excluding hydrogens is 404 g/mol. The molecule has 2 aromatic rings. The van der Waals surface area contributed by atoms with Gasteiger partial charge < -0.3 is 19.6 Å². The summed E-state index contributed by atoms with van der Waals surface area (Å²) >= 11 is 8.95. The van der Waals surface area contributed by atoms with Crippen LogP contribution in [-0.2, 0) is 4.74 Å². The molecule has 1 saturated carbocycles. The molecule has 2 aromatic heterocycles. The Balaban J connectivity index is 1.78. The fourth-order valence-corrected chi connectivity index (χ4v) is 4.04. The van der Waals surface area contributed by atoms with Crippen molar-refractivity contribution in [2.24, 2.45) is 0 Å². The number of halogens is 1. The Kier molecular flexibility index (Phi) is 5.20. The molecule has 1 amide bonds. The van der Waals surface area contributed by atoms with Crippen LogP contribution in [0.25, 0.3) is 11.0 Å². The van der Waals surface area contributed by atoms with Crippen molar-refractivity contribution in [3.63, 3.8) is 0 Å². The van der Waals surface area contributed by atoms with Crippen LogP contribution in [0.2, 0.25) is 0 Å². The Morgan fingerprint density at radius 3 is 2.96 bits per heavy atom. The molecule has 0 unspecified atom stereocenters. The van der Waals surface area contributed by atoms with E-state index >= 15 is 0 Å². The zero-order chi connectivity index (χ0) is 18.2. The molecule has 0 saturated heterocycles. The van der Waals surface area contributed by atoms with Crippen LogP contribution in [0.4, 0.5) is 4.79 Å². The minimum atomic E-state index is -0.489. The Hall–Kier alpha value is -1.41. The predicted molar refractivity (Wildman–Crippen MR) is 103 cm³/mol. The van der Waals surface area contributed by atoms with Gasteiger partial charge in [0.1, 0.15) is 10.2 Å². The van der Waals surface area contributed by atoms with Crippen LogP contribution in [0.1, 0.15) is 52.5 Å². The second-order valence-corrected chi connectivity index (χ2v) is 8.69. The lowest BCUT2D eigenvalue weighted by Crippen LogP contribution is -2.41. The number of carbonyl (C=O) groups is 1. The summed E-state index contributed by atoms with van der Waals surface area (Å²) < 4.78 is 9.00. The number of ether oxygens (including phenoxy) is 1. The maximum absolute atomic E-state index is 12.1. The topological polar surface area (TPSA) is 71.9 Å². The number of hydrogen-bond acceptors (Lipinski definition) is 4. The number of pyridine rings is 1. The maximum atomic E-state index is 12.1. The second kappa shape index (κ2) is 7.07. The fourth-order valence-electron chi connectivity index (χ4n) is 3.37. The van der Waals surface area contributed by atoms with Crippen molar-refractivity contribution in [3.8, 4) is 0 Å². The van der Waals surface area contributed by atoms with E-state index in [-0.39, 0.29) is 18.2 Å². The number of alkyl carbamates (subject to hydrolysis) is 1. The van der Waals surface area contributed by atoms with Gasteiger partial charge in [-0.2, -0.15) is 0 Å². The summed E-state index contributed by atoms with van der Waals surface area (Å²) in [7, 11) is 0. The molecule has 3 rings (SSSR count). The molecule has 0 aromatic carbocycles. The minimum Gasteiger partial charge on any atom is -0.444 e. The molecule has 2 atom stereocenters. The van der Waals surface area contributed by atoms with Crippen molar-refractivity contribution < 1.29 is 9.53 Å². The lowest BCUT2D eigenvalue weighted by atomic mass is 9.91. The molecule has 2 heterocycles. The van der Waals surface area contributed by atoms with Gasteiger partial charge in [0.05, 0.1) is 17.2 Å². The highest BCUT2D eigenvalue weighted by molar-refractivity contribution is 9.10. The SMILES string of the molecule is CC(C)(C)OC(=O)N[C@H]1CCC[C@@H](n2c(=S)[nH]c3cnc(Br)cc32)C1. The number of rotatable bonds is 2. The highest BCUT2D eigenvalue weighted by atomic mass is 79.9. The molecule has 0 bridgehead atoms. The minimum absolute atomic E-state index is 0.0886. The lowest BCUT2D eigenvalue weighted by Gasteiger charge is -2.31. The van der Waals surface area contributed by atoms with E-state index in [9.17, 15) is 4.79 Å². The summed E-state index contributed by atoms with van der Waals surface area (Å²) in [5.74, 6) is 0. The third-order valence-electron chi connectivity index (χ3n) is 4.30. The molecule has 1 fully saturated rings. The molecule has 0 radical (unpaired) electrons. The van der Waals surface area contributed by atoms with E-state index in [1.54, 1.807) is 6.20 Å². The average molecular weight is 427 g/mol. The van der Waals surface area contributed by atoms with Gasteiger partial charge in [0, 0.05) is 12.1 Å². The van der Waals surface area contributed by atoms with Crippen molar-refractivity contribution in [1.29, 1.82) is 0 Å². The highest BCUT2D eigenvalue weighted by Crippen LogP contribution is 2.32. The highest BCUT2D eigenvalue weighted by Gasteiger charge is 2.27. The Bertz CT molecular complexity index is 839. The van der Waals surface area contributed by atoms with E-state index in [0.29, 0.717) is 4.77 Å². The quantitative estimate of drug-likeness (QED) is 0.530. The maximum Gasteiger partial charge on any atom is 0.407 e. The molecule has 0 spiro atoms. The van der Waals surface area contributed by atoms with Crippen LogP contribution < -0.4 is 5.32 Å². The van der Waals surface area contributed by atoms with Gasteiger partial charge in [-0.1, -0.05) is 0 Å². The summed E-state index contributed by atoms with van der Waals surface area (Å²) in [4.78, 5) is 19.5. The number of fused-ring (bicyclic) bond motifs is 1. The third-order valence-corrected chi connectivity index (χ3v) is 5.03. The smallest absolute Gasteiger partial charge is 0.407 e. The Morgan fingerprint density at radius 2 is 2.24 bits per heavy atom. The molecule has 0 aliphatic heterocycles. The van der Waals surface area contributed by atoms with Crippen molar-refractivity contribution in [1.82, 2.24) is 19.9 Å². The zero-order valence-electron chi connectivity index (χ0n) is 14.6. The molecule has 6 nitrogen and oxygen atoms in total. The summed E-state index contributed by atoms with van der Waals surface area (Å²) in [6.45, 7) is 5.61. The summed E-state index contributed by atoms with van der Waals surface area (Å²) in [6, 6.07) is 2.31. The summed E-state index contributed by atoms with van der Waals surface area (Å²) in [6.07, 6.45) is 5.29. The average Bonchev–Trinajstić information content (AvgIpc) is 2.80. The number of nitrogens with one attached hydrogen (secondary N) is 2. The Labute approximate surface area is 160 Å². The van der Waals surface area contributed by atoms with E-state index in [1.165, 1.54) is 0 Å². The van der Waals surface area contributed by atoms with Crippen molar-refractivity contribution in [2.45, 2.75) is 64.1 Å². The van der Waals surface area contributed by atoms with Crippen LogP contribution in [-0.4, -0.2) is 32.3 Å². The first-order valence-corrected chi connectivity index (χ1v) is 9.68. The van der Waals surface area contributed by atoms with Crippen molar-refractivity contribution in [2.75, 3.05) is 0 Å². The van der Waals surface area contributed by atoms with Gasteiger partial charge in [-0.05, 0) is 80.7 Å². The number of H-pyrrole nitrogens is 1. The number of imidazole rings is 1. The first-order valence-electron chi connectivity index (χ1n) is 8.48. The first kappa shape index (κ1) is 18.4. The van der Waals surface area contributed by atoms with Crippen molar-refractivity contribution >= 4 is 45.3 Å². The van der Waals surface area contributed by atoms with Crippen LogP contribution in [0.5, 0.6) is 0 Å². The number of amides is 1. The van der Waals surface area contributed by atoms with Crippen molar-refractivity contribution in [3.05, 3.63) is 21.6 Å². The fraction of sp³-hybridized carbons (Fsp3) is 0.588. The Morgan fingerprint density at radius 1 is 1.48 bits per heavy atom. The summed E-state index contributed by atoms with van der Waals surface area (Å²) in [5.41, 5.74) is 1.47. The second-order valence-electron chi connectivity index (χ2n) is 7.49. The molecule has 2 N–H and O–H groups in total. The molecule has 25 heavy (non-hydrogen) atoms. The molecular formula is C17H23BrN4O2S. The van der Waals surface area contributed by atoms with E-state index < -0.39 is 5.60 Å². The lowest BCUT2D eigenvalue weighted by molar-refractivity contribution is 0.0486. The van der Waals surface area contributed by atoms with Crippen LogP contribution >= 0.6 is 28.1 Å². The number of aromatic nitrogens is 3. The summed E-state index contributed by atoms with van der Waals surface area (Å²) in [5, 5.41) is 3.01. The standard InChI is InChI=1S/C17H23BrN4O2S/c1-17(2,3)24-16(23)20-10-5-4-6-11(7-10)22-13-8-14(18)19-9-12(13)21-15(22)25/h8-11H,4-7H2,1-3H3,(H,20,23)(H,21,25)/t10-,11+/m0/s1. The van der Waals surface area contributed by atoms with Crippen LogP contribution in [0.3, 0.4) is 0 Å². The van der Waals surface area contributed by atoms with E-state index in [2.05, 4.69) is 35.8 Å². The number of nitrogens with zero attached hydrogens (tertiary/aromatic N) is 2.